The van der Waals surface area contributed by atoms with Crippen molar-refractivity contribution in [3.05, 3.63) is 41.5 Å². The Morgan fingerprint density at radius 1 is 1.31 bits per heavy atom. The minimum absolute atomic E-state index is 0.0881. The van der Waals surface area contributed by atoms with E-state index in [1.165, 1.54) is 19.1 Å². The van der Waals surface area contributed by atoms with Gasteiger partial charge in [-0.05, 0) is 19.1 Å². The first-order chi connectivity index (χ1) is 7.42. The van der Waals surface area contributed by atoms with E-state index in [1.807, 2.05) is 0 Å². The molecule has 0 unspecified atom stereocenters. The predicted octanol–water partition coefficient (Wildman–Crippen LogP) is 1.84. The van der Waals surface area contributed by atoms with Crippen LogP contribution in [0.2, 0.25) is 0 Å². The fourth-order valence-electron chi connectivity index (χ4n) is 1.15. The number of allylic oxidation sites excluding steroid dienone is 1. The van der Waals surface area contributed by atoms with Crippen LogP contribution in [0.3, 0.4) is 0 Å². The Kier molecular flexibility index (Phi) is 3.84. The second-order valence-corrected chi connectivity index (χ2v) is 5.14. The molecule has 86 valence electrons. The molecule has 1 aromatic carbocycles. The SMILES string of the molecule is CC(=O)C/C(O)=C/S(=O)(=O)c1ccccc1. The van der Waals surface area contributed by atoms with Gasteiger partial charge in [-0.25, -0.2) is 8.42 Å². The third kappa shape index (κ3) is 3.51. The van der Waals surface area contributed by atoms with Crippen LogP contribution < -0.4 is 0 Å². The molecule has 0 radical (unpaired) electrons. The number of ketones is 1. The smallest absolute Gasteiger partial charge is 0.203 e. The van der Waals surface area contributed by atoms with Crippen LogP contribution >= 0.6 is 0 Å². The molecule has 0 saturated carbocycles. The first kappa shape index (κ1) is 12.4. The van der Waals surface area contributed by atoms with Crippen LogP contribution in [0.25, 0.3) is 0 Å². The maximum absolute atomic E-state index is 11.7. The highest BCUT2D eigenvalue weighted by molar-refractivity contribution is 7.94. The van der Waals surface area contributed by atoms with Gasteiger partial charge in [-0.3, -0.25) is 4.79 Å². The van der Waals surface area contributed by atoms with E-state index < -0.39 is 15.6 Å². The molecule has 1 aromatic rings. The molecule has 0 spiro atoms. The maximum atomic E-state index is 11.7. The van der Waals surface area contributed by atoms with E-state index >= 15 is 0 Å². The minimum Gasteiger partial charge on any atom is -0.511 e. The molecule has 1 rings (SSSR count). The first-order valence-corrected chi connectivity index (χ1v) is 6.15. The lowest BCUT2D eigenvalue weighted by Crippen LogP contribution is -2.00. The molecule has 0 heterocycles. The fraction of sp³-hybridized carbons (Fsp3) is 0.182. The summed E-state index contributed by atoms with van der Waals surface area (Å²) >= 11 is 0. The molecule has 0 aliphatic carbocycles. The van der Waals surface area contributed by atoms with E-state index in [-0.39, 0.29) is 17.1 Å². The molecular formula is C11H12O4S. The second-order valence-electron chi connectivity index (χ2n) is 3.35. The number of carbonyl (C=O) groups excluding carboxylic acids is 1. The van der Waals surface area contributed by atoms with Crippen molar-refractivity contribution in [1.82, 2.24) is 0 Å². The summed E-state index contributed by atoms with van der Waals surface area (Å²) in [6.07, 6.45) is -0.272. The van der Waals surface area contributed by atoms with Gasteiger partial charge in [-0.15, -0.1) is 0 Å². The van der Waals surface area contributed by atoms with E-state index in [0.717, 1.165) is 0 Å². The van der Waals surface area contributed by atoms with Crippen LogP contribution in [-0.2, 0) is 14.6 Å². The largest absolute Gasteiger partial charge is 0.511 e. The van der Waals surface area contributed by atoms with E-state index in [2.05, 4.69) is 0 Å². The van der Waals surface area contributed by atoms with Crippen LogP contribution in [0.4, 0.5) is 0 Å². The standard InChI is InChI=1S/C11H12O4S/c1-9(12)7-10(13)8-16(14,15)11-5-3-2-4-6-11/h2-6,8,13H,7H2,1H3/b10-8-. The Balaban J connectivity index is 3.01. The van der Waals surface area contributed by atoms with Gasteiger partial charge in [-0.2, -0.15) is 0 Å². The molecule has 0 bridgehead atoms. The zero-order chi connectivity index (χ0) is 12.2. The van der Waals surface area contributed by atoms with E-state index in [4.69, 9.17) is 0 Å². The number of carbonyl (C=O) groups is 1. The van der Waals surface area contributed by atoms with E-state index in [0.29, 0.717) is 5.41 Å². The van der Waals surface area contributed by atoms with Crippen molar-refractivity contribution < 1.29 is 18.3 Å². The number of hydrogen-bond donors (Lipinski definition) is 1. The normalized spacial score (nSPS) is 12.4. The summed E-state index contributed by atoms with van der Waals surface area (Å²) in [4.78, 5) is 10.8. The van der Waals surface area contributed by atoms with Gasteiger partial charge < -0.3 is 5.11 Å². The molecule has 0 atom stereocenters. The topological polar surface area (TPSA) is 71.4 Å². The molecule has 0 aromatic heterocycles. The predicted molar refractivity (Wildman–Crippen MR) is 59.6 cm³/mol. The van der Waals surface area contributed by atoms with Crippen molar-refractivity contribution in [2.45, 2.75) is 18.2 Å². The lowest BCUT2D eigenvalue weighted by molar-refractivity contribution is -0.116. The zero-order valence-electron chi connectivity index (χ0n) is 8.75. The van der Waals surface area contributed by atoms with Crippen molar-refractivity contribution in [1.29, 1.82) is 0 Å². The molecule has 0 aliphatic heterocycles. The summed E-state index contributed by atoms with van der Waals surface area (Å²) in [5.41, 5.74) is 0. The summed E-state index contributed by atoms with van der Waals surface area (Å²) < 4.78 is 23.4. The van der Waals surface area contributed by atoms with Gasteiger partial charge in [0.1, 0.15) is 11.5 Å². The fourth-order valence-corrected chi connectivity index (χ4v) is 2.27. The highest BCUT2D eigenvalue weighted by Gasteiger charge is 2.12. The summed E-state index contributed by atoms with van der Waals surface area (Å²) in [5, 5.41) is 9.99. The molecule has 0 saturated heterocycles. The number of benzene rings is 1. The van der Waals surface area contributed by atoms with Crippen LogP contribution in [-0.4, -0.2) is 19.3 Å². The average molecular weight is 240 g/mol. The van der Waals surface area contributed by atoms with Gasteiger partial charge in [-0.1, -0.05) is 18.2 Å². The van der Waals surface area contributed by atoms with E-state index in [9.17, 15) is 18.3 Å². The van der Waals surface area contributed by atoms with Gasteiger partial charge in [0.15, 0.2) is 0 Å². The third-order valence-corrected chi connectivity index (χ3v) is 3.30. The molecule has 4 nitrogen and oxygen atoms in total. The number of rotatable bonds is 4. The van der Waals surface area contributed by atoms with E-state index in [1.54, 1.807) is 18.2 Å². The van der Waals surface area contributed by atoms with Crippen LogP contribution in [0.15, 0.2) is 46.4 Å². The summed E-state index contributed by atoms with van der Waals surface area (Å²) in [7, 11) is -3.67. The van der Waals surface area contributed by atoms with Crippen molar-refractivity contribution in [3.8, 4) is 0 Å². The molecular weight excluding hydrogens is 228 g/mol. The highest BCUT2D eigenvalue weighted by Crippen LogP contribution is 2.13. The van der Waals surface area contributed by atoms with Crippen molar-refractivity contribution in [3.63, 3.8) is 0 Å². The van der Waals surface area contributed by atoms with Gasteiger partial charge >= 0.3 is 0 Å². The Bertz CT molecular complexity index is 500. The zero-order valence-corrected chi connectivity index (χ0v) is 9.57. The van der Waals surface area contributed by atoms with Gasteiger partial charge in [0.2, 0.25) is 9.84 Å². The molecule has 1 N–H and O–H groups in total. The van der Waals surface area contributed by atoms with Gasteiger partial charge in [0.05, 0.1) is 16.7 Å². The van der Waals surface area contributed by atoms with Crippen molar-refractivity contribution in [2.75, 3.05) is 0 Å². The lowest BCUT2D eigenvalue weighted by atomic mass is 10.3. The quantitative estimate of drug-likeness (QED) is 0.815. The first-order valence-electron chi connectivity index (χ1n) is 4.61. The van der Waals surface area contributed by atoms with Crippen LogP contribution in [0.5, 0.6) is 0 Å². The van der Waals surface area contributed by atoms with Gasteiger partial charge in [0, 0.05) is 0 Å². The maximum Gasteiger partial charge on any atom is 0.203 e. The minimum atomic E-state index is -3.67. The molecule has 0 aliphatic rings. The number of hydrogen-bond acceptors (Lipinski definition) is 4. The second kappa shape index (κ2) is 4.94. The third-order valence-electron chi connectivity index (χ3n) is 1.79. The molecule has 0 amide bonds. The van der Waals surface area contributed by atoms with Crippen molar-refractivity contribution in [2.24, 2.45) is 0 Å². The number of aliphatic hydroxyl groups is 1. The Morgan fingerprint density at radius 3 is 2.38 bits per heavy atom. The number of aliphatic hydroxyl groups excluding tert-OH is 1. The van der Waals surface area contributed by atoms with Crippen LogP contribution in [0, 0.1) is 0 Å². The Hall–Kier alpha value is -1.62. The highest BCUT2D eigenvalue weighted by atomic mass is 32.2. The Labute approximate surface area is 94.1 Å². The Morgan fingerprint density at radius 2 is 1.88 bits per heavy atom. The average Bonchev–Trinajstić information content (AvgIpc) is 2.16. The van der Waals surface area contributed by atoms with Gasteiger partial charge in [0.25, 0.3) is 0 Å². The monoisotopic (exact) mass is 240 g/mol. The van der Waals surface area contributed by atoms with Crippen molar-refractivity contribution >= 4 is 15.6 Å². The molecule has 5 heteroatoms. The summed E-state index contributed by atoms with van der Waals surface area (Å²) in [6, 6.07) is 7.71. The summed E-state index contributed by atoms with van der Waals surface area (Å²) in [5.74, 6) is -0.742. The molecule has 16 heavy (non-hydrogen) atoms. The molecule has 0 fully saturated rings. The number of Topliss-reactive ketones (excluding diaryl/α,β-unsaturated/α-hetero) is 1. The van der Waals surface area contributed by atoms with Crippen LogP contribution in [0.1, 0.15) is 13.3 Å². The number of sulfone groups is 1. The lowest BCUT2D eigenvalue weighted by Gasteiger charge is -2.00. The summed E-state index contributed by atoms with van der Waals surface area (Å²) in [6.45, 7) is 1.28.